The lowest BCUT2D eigenvalue weighted by Crippen LogP contribution is -2.54. The summed E-state index contributed by atoms with van der Waals surface area (Å²) >= 11 is 0. The summed E-state index contributed by atoms with van der Waals surface area (Å²) in [5, 5.41) is 11.5. The first-order valence-corrected chi connectivity index (χ1v) is 7.50. The van der Waals surface area contributed by atoms with Crippen molar-refractivity contribution in [2.24, 2.45) is 11.8 Å². The van der Waals surface area contributed by atoms with Crippen LogP contribution in [0.5, 0.6) is 0 Å². The van der Waals surface area contributed by atoms with Gasteiger partial charge in [0.05, 0.1) is 6.54 Å². The molecule has 1 aliphatic heterocycles. The highest BCUT2D eigenvalue weighted by atomic mass is 19.4. The Balaban J connectivity index is 1.93. The highest BCUT2D eigenvalue weighted by molar-refractivity contribution is 5.67. The maximum absolute atomic E-state index is 12.3. The predicted octanol–water partition coefficient (Wildman–Crippen LogP) is 2.10. The Bertz CT molecular complexity index is 372. The van der Waals surface area contributed by atoms with Crippen LogP contribution in [0.3, 0.4) is 0 Å². The Morgan fingerprint density at radius 1 is 1.38 bits per heavy atom. The molecule has 1 aliphatic carbocycles. The number of hydrogen-bond acceptors (Lipinski definition) is 3. The first-order chi connectivity index (χ1) is 9.74. The van der Waals surface area contributed by atoms with Crippen LogP contribution in [0.2, 0.25) is 0 Å². The van der Waals surface area contributed by atoms with Crippen LogP contribution in [0, 0.1) is 11.8 Å². The van der Waals surface area contributed by atoms with E-state index in [-0.39, 0.29) is 18.4 Å². The van der Waals surface area contributed by atoms with Gasteiger partial charge in [-0.25, -0.2) is 0 Å². The molecule has 2 fully saturated rings. The van der Waals surface area contributed by atoms with E-state index in [4.69, 9.17) is 5.11 Å². The fourth-order valence-corrected chi connectivity index (χ4v) is 3.25. The summed E-state index contributed by atoms with van der Waals surface area (Å²) in [6.45, 7) is 2.34. The van der Waals surface area contributed by atoms with Gasteiger partial charge >= 0.3 is 12.1 Å². The maximum Gasteiger partial charge on any atom is 0.401 e. The number of carboxylic acid groups (broad SMARTS) is 1. The molecule has 0 bridgehead atoms. The molecule has 0 amide bonds. The highest BCUT2D eigenvalue weighted by Crippen LogP contribution is 2.37. The number of piperidine rings is 1. The second kappa shape index (κ2) is 6.52. The van der Waals surface area contributed by atoms with Crippen molar-refractivity contribution in [3.05, 3.63) is 0 Å². The number of aliphatic carboxylic acids is 1. The molecule has 4 nitrogen and oxygen atoms in total. The Hall–Kier alpha value is -0.820. The van der Waals surface area contributed by atoms with E-state index in [1.165, 1.54) is 12.8 Å². The van der Waals surface area contributed by atoms with Crippen LogP contribution in [-0.4, -0.2) is 53.9 Å². The molecular weight excluding hydrogens is 285 g/mol. The van der Waals surface area contributed by atoms with Crippen molar-refractivity contribution < 1.29 is 23.1 Å². The molecule has 21 heavy (non-hydrogen) atoms. The van der Waals surface area contributed by atoms with E-state index in [2.05, 4.69) is 17.1 Å². The summed E-state index contributed by atoms with van der Waals surface area (Å²) in [5.41, 5.74) is 0. The molecule has 1 saturated heterocycles. The van der Waals surface area contributed by atoms with Gasteiger partial charge in [-0.3, -0.25) is 9.69 Å². The van der Waals surface area contributed by atoms with Gasteiger partial charge in [0, 0.05) is 31.6 Å². The minimum absolute atomic E-state index is 0.0259. The van der Waals surface area contributed by atoms with Gasteiger partial charge < -0.3 is 10.4 Å². The second-order valence-electron chi connectivity index (χ2n) is 6.42. The van der Waals surface area contributed by atoms with Crippen LogP contribution in [0.1, 0.15) is 32.6 Å². The van der Waals surface area contributed by atoms with Crippen molar-refractivity contribution in [2.45, 2.75) is 50.9 Å². The lowest BCUT2D eigenvalue weighted by atomic mass is 9.90. The molecule has 2 aliphatic rings. The van der Waals surface area contributed by atoms with Crippen LogP contribution >= 0.6 is 0 Å². The van der Waals surface area contributed by atoms with E-state index >= 15 is 0 Å². The van der Waals surface area contributed by atoms with Gasteiger partial charge in [-0.15, -0.1) is 0 Å². The van der Waals surface area contributed by atoms with Gasteiger partial charge in [0.15, 0.2) is 0 Å². The number of nitrogens with one attached hydrogen (secondary N) is 1. The summed E-state index contributed by atoms with van der Waals surface area (Å²) in [6.07, 6.45) is -1.37. The number of hydrogen-bond donors (Lipinski definition) is 2. The summed E-state index contributed by atoms with van der Waals surface area (Å²) in [7, 11) is 0. The smallest absolute Gasteiger partial charge is 0.401 e. The molecule has 122 valence electrons. The fourth-order valence-electron chi connectivity index (χ4n) is 3.25. The van der Waals surface area contributed by atoms with Crippen molar-refractivity contribution in [1.82, 2.24) is 10.2 Å². The monoisotopic (exact) mass is 308 g/mol. The van der Waals surface area contributed by atoms with E-state index in [0.717, 1.165) is 0 Å². The fraction of sp³-hybridized carbons (Fsp3) is 0.929. The SMILES string of the molecule is CC(C1CC1)N1CC(CC(=O)O)CC(NCC(F)(F)F)C1. The zero-order valence-corrected chi connectivity index (χ0v) is 12.2. The third kappa shape index (κ3) is 5.47. The molecule has 0 aromatic rings. The molecule has 7 heteroatoms. The largest absolute Gasteiger partial charge is 0.481 e. The molecule has 1 saturated carbocycles. The van der Waals surface area contributed by atoms with Crippen molar-refractivity contribution in [2.75, 3.05) is 19.6 Å². The van der Waals surface area contributed by atoms with Gasteiger partial charge in [-0.2, -0.15) is 13.2 Å². The van der Waals surface area contributed by atoms with E-state index in [0.29, 0.717) is 31.5 Å². The molecule has 3 atom stereocenters. The summed E-state index contributed by atoms with van der Waals surface area (Å²) in [4.78, 5) is 13.1. The number of halogens is 3. The standard InChI is InChI=1S/C14H23F3N2O2/c1-9(11-2-3-11)19-6-10(5-13(20)21)4-12(7-19)18-8-14(15,16)17/h9-12,18H,2-8H2,1H3,(H,20,21). The second-order valence-corrected chi connectivity index (χ2v) is 6.42. The zero-order chi connectivity index (χ0) is 15.6. The lowest BCUT2D eigenvalue weighted by molar-refractivity contribution is -0.139. The van der Waals surface area contributed by atoms with Crippen molar-refractivity contribution in [1.29, 1.82) is 0 Å². The topological polar surface area (TPSA) is 52.6 Å². The van der Waals surface area contributed by atoms with Crippen molar-refractivity contribution in [3.8, 4) is 0 Å². The van der Waals surface area contributed by atoms with Crippen molar-refractivity contribution >= 4 is 5.97 Å². The number of likely N-dealkylation sites (tertiary alicyclic amines) is 1. The maximum atomic E-state index is 12.3. The molecule has 0 aromatic heterocycles. The number of carbonyl (C=O) groups is 1. The first-order valence-electron chi connectivity index (χ1n) is 7.50. The Kier molecular flexibility index (Phi) is 5.14. The number of nitrogens with zero attached hydrogens (tertiary/aromatic N) is 1. The molecule has 1 heterocycles. The number of alkyl halides is 3. The van der Waals surface area contributed by atoms with Crippen LogP contribution < -0.4 is 5.32 Å². The third-order valence-corrected chi connectivity index (χ3v) is 4.50. The van der Waals surface area contributed by atoms with E-state index in [9.17, 15) is 18.0 Å². The van der Waals surface area contributed by atoms with Crippen LogP contribution in [0.25, 0.3) is 0 Å². The van der Waals surface area contributed by atoms with Gasteiger partial charge in [-0.1, -0.05) is 0 Å². The van der Waals surface area contributed by atoms with Gasteiger partial charge in [0.25, 0.3) is 0 Å². The average molecular weight is 308 g/mol. The molecule has 2 rings (SSSR count). The number of rotatable bonds is 6. The summed E-state index contributed by atoms with van der Waals surface area (Å²) < 4.78 is 37.0. The summed E-state index contributed by atoms with van der Waals surface area (Å²) in [6, 6.07) is 0.0442. The minimum Gasteiger partial charge on any atom is -0.481 e. The van der Waals surface area contributed by atoms with Gasteiger partial charge in [-0.05, 0) is 38.0 Å². The molecule has 2 N–H and O–H groups in total. The van der Waals surface area contributed by atoms with Crippen molar-refractivity contribution in [3.63, 3.8) is 0 Å². The van der Waals surface area contributed by atoms with Crippen LogP contribution in [0.4, 0.5) is 13.2 Å². The van der Waals surface area contributed by atoms with Crippen LogP contribution in [0.15, 0.2) is 0 Å². The molecule has 0 spiro atoms. The lowest BCUT2D eigenvalue weighted by Gasteiger charge is -2.41. The quantitative estimate of drug-likeness (QED) is 0.789. The predicted molar refractivity (Wildman–Crippen MR) is 72.0 cm³/mol. The van der Waals surface area contributed by atoms with Gasteiger partial charge in [0.1, 0.15) is 0 Å². The first kappa shape index (κ1) is 16.5. The Labute approximate surface area is 122 Å². The molecule has 0 aromatic carbocycles. The Morgan fingerprint density at radius 3 is 2.57 bits per heavy atom. The zero-order valence-electron chi connectivity index (χ0n) is 12.2. The molecule has 0 radical (unpaired) electrons. The Morgan fingerprint density at radius 2 is 2.05 bits per heavy atom. The van der Waals surface area contributed by atoms with E-state index < -0.39 is 18.7 Å². The summed E-state index contributed by atoms with van der Waals surface area (Å²) in [5.74, 6) is -0.337. The van der Waals surface area contributed by atoms with Gasteiger partial charge in [0.2, 0.25) is 0 Å². The third-order valence-electron chi connectivity index (χ3n) is 4.50. The van der Waals surface area contributed by atoms with Crippen LogP contribution in [-0.2, 0) is 4.79 Å². The highest BCUT2D eigenvalue weighted by Gasteiger charge is 2.38. The number of carboxylic acids is 1. The average Bonchev–Trinajstić information content (AvgIpc) is 3.17. The normalized spacial score (nSPS) is 29.3. The van der Waals surface area contributed by atoms with E-state index in [1.54, 1.807) is 0 Å². The molecular formula is C14H23F3N2O2. The van der Waals surface area contributed by atoms with E-state index in [1.807, 2.05) is 0 Å². The minimum atomic E-state index is -4.23. The molecule has 3 unspecified atom stereocenters.